The van der Waals surface area contributed by atoms with Crippen molar-refractivity contribution in [3.8, 4) is 5.75 Å². The standard InChI is InChI=1S/C12H17F2NO3/c1-18-10-4-2-9(3-5-10)11(17)6-15-7-12(13,14)8-16/h2-5,11,15-17H,6-8H2,1H3. The molecule has 0 aliphatic heterocycles. The van der Waals surface area contributed by atoms with E-state index in [1.165, 1.54) is 7.11 Å². The van der Waals surface area contributed by atoms with Crippen LogP contribution in [-0.4, -0.2) is 42.9 Å². The zero-order valence-electron chi connectivity index (χ0n) is 10.1. The van der Waals surface area contributed by atoms with Crippen LogP contribution in [0.25, 0.3) is 0 Å². The van der Waals surface area contributed by atoms with Gasteiger partial charge in [-0.2, -0.15) is 0 Å². The van der Waals surface area contributed by atoms with Gasteiger partial charge in [0.15, 0.2) is 0 Å². The SMILES string of the molecule is COc1ccc(C(O)CNCC(F)(F)CO)cc1. The first-order valence-electron chi connectivity index (χ1n) is 5.50. The Morgan fingerprint density at radius 2 is 1.94 bits per heavy atom. The number of ether oxygens (including phenoxy) is 1. The predicted molar refractivity (Wildman–Crippen MR) is 62.9 cm³/mol. The Hall–Kier alpha value is -1.24. The number of hydrogen-bond donors (Lipinski definition) is 3. The highest BCUT2D eigenvalue weighted by molar-refractivity contribution is 5.28. The minimum absolute atomic E-state index is 0.0120. The smallest absolute Gasteiger partial charge is 0.282 e. The summed E-state index contributed by atoms with van der Waals surface area (Å²) >= 11 is 0. The van der Waals surface area contributed by atoms with E-state index in [1.54, 1.807) is 24.3 Å². The largest absolute Gasteiger partial charge is 0.497 e. The molecule has 0 radical (unpaired) electrons. The summed E-state index contributed by atoms with van der Waals surface area (Å²) in [5.74, 6) is -2.51. The average Bonchev–Trinajstić information content (AvgIpc) is 2.38. The zero-order chi connectivity index (χ0) is 13.6. The molecular weight excluding hydrogens is 244 g/mol. The number of alkyl halides is 2. The van der Waals surface area contributed by atoms with E-state index < -0.39 is 25.2 Å². The van der Waals surface area contributed by atoms with Crippen LogP contribution in [0.2, 0.25) is 0 Å². The lowest BCUT2D eigenvalue weighted by Gasteiger charge is -2.16. The summed E-state index contributed by atoms with van der Waals surface area (Å²) in [6.45, 7) is -1.89. The molecule has 0 saturated heterocycles. The zero-order valence-corrected chi connectivity index (χ0v) is 10.1. The molecule has 1 unspecified atom stereocenters. The summed E-state index contributed by atoms with van der Waals surface area (Å²) < 4.78 is 30.4. The highest BCUT2D eigenvalue weighted by Gasteiger charge is 2.27. The van der Waals surface area contributed by atoms with Crippen LogP contribution in [0.3, 0.4) is 0 Å². The summed E-state index contributed by atoms with van der Waals surface area (Å²) in [4.78, 5) is 0. The van der Waals surface area contributed by atoms with Crippen LogP contribution in [-0.2, 0) is 0 Å². The lowest BCUT2D eigenvalue weighted by atomic mass is 10.1. The molecule has 0 fully saturated rings. The van der Waals surface area contributed by atoms with E-state index in [0.29, 0.717) is 11.3 Å². The molecule has 0 saturated carbocycles. The van der Waals surface area contributed by atoms with E-state index >= 15 is 0 Å². The van der Waals surface area contributed by atoms with E-state index in [2.05, 4.69) is 5.32 Å². The fourth-order valence-electron chi connectivity index (χ4n) is 1.39. The van der Waals surface area contributed by atoms with Gasteiger partial charge in [-0.05, 0) is 17.7 Å². The van der Waals surface area contributed by atoms with Crippen LogP contribution in [0, 0.1) is 0 Å². The maximum absolute atomic E-state index is 12.7. The number of nitrogens with one attached hydrogen (secondary N) is 1. The molecule has 0 amide bonds. The Morgan fingerprint density at radius 3 is 2.44 bits per heavy atom. The van der Waals surface area contributed by atoms with Gasteiger partial charge in [-0.3, -0.25) is 0 Å². The molecule has 0 aliphatic rings. The first-order chi connectivity index (χ1) is 8.48. The fourth-order valence-corrected chi connectivity index (χ4v) is 1.39. The number of benzene rings is 1. The molecule has 6 heteroatoms. The summed E-state index contributed by atoms with van der Waals surface area (Å²) in [5, 5.41) is 20.5. The summed E-state index contributed by atoms with van der Waals surface area (Å²) in [6, 6.07) is 6.69. The first-order valence-corrected chi connectivity index (χ1v) is 5.50. The van der Waals surface area contributed by atoms with Gasteiger partial charge in [0, 0.05) is 6.54 Å². The number of hydrogen-bond acceptors (Lipinski definition) is 4. The van der Waals surface area contributed by atoms with Crippen molar-refractivity contribution in [3.63, 3.8) is 0 Å². The Labute approximate surface area is 104 Å². The first kappa shape index (κ1) is 14.8. The number of aliphatic hydroxyl groups is 2. The van der Waals surface area contributed by atoms with E-state index in [4.69, 9.17) is 9.84 Å². The van der Waals surface area contributed by atoms with Gasteiger partial charge in [0.25, 0.3) is 5.92 Å². The van der Waals surface area contributed by atoms with E-state index in [9.17, 15) is 13.9 Å². The fraction of sp³-hybridized carbons (Fsp3) is 0.500. The van der Waals surface area contributed by atoms with Crippen molar-refractivity contribution < 1.29 is 23.7 Å². The number of halogens is 2. The van der Waals surface area contributed by atoms with Crippen molar-refractivity contribution in [2.75, 3.05) is 26.8 Å². The van der Waals surface area contributed by atoms with E-state index in [-0.39, 0.29) is 6.54 Å². The van der Waals surface area contributed by atoms with Crippen molar-refractivity contribution in [3.05, 3.63) is 29.8 Å². The molecule has 1 rings (SSSR count). The highest BCUT2D eigenvalue weighted by atomic mass is 19.3. The Balaban J connectivity index is 2.42. The monoisotopic (exact) mass is 261 g/mol. The maximum Gasteiger partial charge on any atom is 0.282 e. The van der Waals surface area contributed by atoms with Crippen molar-refractivity contribution in [2.45, 2.75) is 12.0 Å². The number of rotatable bonds is 7. The minimum atomic E-state index is -3.17. The number of methoxy groups -OCH3 is 1. The average molecular weight is 261 g/mol. The second-order valence-electron chi connectivity index (χ2n) is 3.93. The molecule has 0 bridgehead atoms. The quantitative estimate of drug-likeness (QED) is 0.684. The third-order valence-corrected chi connectivity index (χ3v) is 2.45. The summed E-state index contributed by atoms with van der Waals surface area (Å²) in [5.41, 5.74) is 0.607. The van der Waals surface area contributed by atoms with Gasteiger partial charge < -0.3 is 20.3 Å². The Bertz CT molecular complexity index is 357. The lowest BCUT2D eigenvalue weighted by molar-refractivity contribution is -0.0488. The maximum atomic E-state index is 12.7. The molecule has 0 aliphatic carbocycles. The van der Waals surface area contributed by atoms with Gasteiger partial charge >= 0.3 is 0 Å². The summed E-state index contributed by atoms with van der Waals surface area (Å²) in [6.07, 6.45) is -0.884. The molecule has 3 N–H and O–H groups in total. The molecule has 4 nitrogen and oxygen atoms in total. The minimum Gasteiger partial charge on any atom is -0.497 e. The molecule has 1 aromatic rings. The molecule has 0 spiro atoms. The van der Waals surface area contributed by atoms with Crippen molar-refractivity contribution in [1.29, 1.82) is 0 Å². The van der Waals surface area contributed by atoms with Gasteiger partial charge in [-0.15, -0.1) is 0 Å². The van der Waals surface area contributed by atoms with Crippen molar-refractivity contribution in [2.24, 2.45) is 0 Å². The second-order valence-corrected chi connectivity index (χ2v) is 3.93. The Kier molecular flexibility index (Phi) is 5.46. The van der Waals surface area contributed by atoms with Gasteiger partial charge in [-0.1, -0.05) is 12.1 Å². The predicted octanol–water partition coefficient (Wildman–Crippen LogP) is 0.946. The molecule has 18 heavy (non-hydrogen) atoms. The van der Waals surface area contributed by atoms with Gasteiger partial charge in [-0.25, -0.2) is 8.78 Å². The van der Waals surface area contributed by atoms with Gasteiger partial charge in [0.1, 0.15) is 12.4 Å². The van der Waals surface area contributed by atoms with Crippen LogP contribution < -0.4 is 10.1 Å². The van der Waals surface area contributed by atoms with E-state index in [0.717, 1.165) is 0 Å². The highest BCUT2D eigenvalue weighted by Crippen LogP contribution is 2.17. The van der Waals surface area contributed by atoms with Crippen molar-refractivity contribution >= 4 is 0 Å². The summed E-state index contributed by atoms with van der Waals surface area (Å²) in [7, 11) is 1.53. The number of aliphatic hydroxyl groups excluding tert-OH is 2. The molecule has 1 atom stereocenters. The van der Waals surface area contributed by atoms with Crippen LogP contribution in [0.5, 0.6) is 5.75 Å². The molecule has 1 aromatic carbocycles. The third-order valence-electron chi connectivity index (χ3n) is 2.45. The van der Waals surface area contributed by atoms with Crippen LogP contribution in [0.15, 0.2) is 24.3 Å². The van der Waals surface area contributed by atoms with Gasteiger partial charge in [0.2, 0.25) is 0 Å². The lowest BCUT2D eigenvalue weighted by Crippen LogP contribution is -2.37. The molecule has 0 heterocycles. The topological polar surface area (TPSA) is 61.7 Å². The van der Waals surface area contributed by atoms with Crippen LogP contribution >= 0.6 is 0 Å². The van der Waals surface area contributed by atoms with E-state index in [1.807, 2.05) is 0 Å². The van der Waals surface area contributed by atoms with Crippen LogP contribution in [0.4, 0.5) is 8.78 Å². The third kappa shape index (κ3) is 4.56. The normalized spacial score (nSPS) is 13.4. The van der Waals surface area contributed by atoms with Gasteiger partial charge in [0.05, 0.1) is 19.8 Å². The molecule has 0 aromatic heterocycles. The van der Waals surface area contributed by atoms with Crippen LogP contribution in [0.1, 0.15) is 11.7 Å². The Morgan fingerprint density at radius 1 is 1.33 bits per heavy atom. The molecule has 102 valence electrons. The second kappa shape index (κ2) is 6.63. The van der Waals surface area contributed by atoms with Crippen molar-refractivity contribution in [1.82, 2.24) is 5.32 Å². The molecular formula is C12H17F2NO3.